The van der Waals surface area contributed by atoms with E-state index in [0.29, 0.717) is 12.6 Å². The zero-order valence-corrected chi connectivity index (χ0v) is 21.8. The molecular weight excluding hydrogens is 517 g/mol. The lowest BCUT2D eigenvalue weighted by Crippen LogP contribution is -2.43. The van der Waals surface area contributed by atoms with Crippen LogP contribution in [0.3, 0.4) is 0 Å². The van der Waals surface area contributed by atoms with Crippen LogP contribution in [0.25, 0.3) is 0 Å². The van der Waals surface area contributed by atoms with Crippen LogP contribution in [-0.4, -0.2) is 76.4 Å². The van der Waals surface area contributed by atoms with Crippen LogP contribution in [0.2, 0.25) is 0 Å². The van der Waals surface area contributed by atoms with Gasteiger partial charge in [0.05, 0.1) is 7.11 Å². The van der Waals surface area contributed by atoms with Crippen molar-refractivity contribution >= 4 is 29.9 Å². The fourth-order valence-electron chi connectivity index (χ4n) is 4.45. The van der Waals surface area contributed by atoms with Gasteiger partial charge in [-0.1, -0.05) is 12.1 Å². The predicted octanol–water partition coefficient (Wildman–Crippen LogP) is 2.61. The topological polar surface area (TPSA) is 70.8 Å². The third-order valence-corrected chi connectivity index (χ3v) is 6.53. The van der Waals surface area contributed by atoms with Crippen molar-refractivity contribution in [3.63, 3.8) is 0 Å². The molecule has 2 aliphatic rings. The molecule has 1 N–H and O–H groups in total. The van der Waals surface area contributed by atoms with E-state index in [1.165, 1.54) is 37.9 Å². The zero-order valence-electron chi connectivity index (χ0n) is 19.5. The molecule has 4 rings (SSSR count). The molecule has 2 aliphatic heterocycles. The average molecular weight is 553 g/mol. The maximum Gasteiger partial charge on any atom is 0.194 e. The molecule has 0 aliphatic carbocycles. The third kappa shape index (κ3) is 6.12. The van der Waals surface area contributed by atoms with Gasteiger partial charge in [-0.3, -0.25) is 4.90 Å². The minimum absolute atomic E-state index is 0. The lowest BCUT2D eigenvalue weighted by molar-refractivity contribution is 0.249. The van der Waals surface area contributed by atoms with Gasteiger partial charge < -0.3 is 19.5 Å². The standard InChI is InChI=1S/C23H35N7O.HI/c1-18-26-27-22(28(18)2)16-25-23(24-12-10-19-6-8-21(31-3)9-7-19)30-15-11-20(17-30)29-13-4-5-14-29;/h6-9,20H,4-5,10-17H2,1-3H3,(H,24,25);1H. The Morgan fingerprint density at radius 1 is 1.16 bits per heavy atom. The van der Waals surface area contributed by atoms with E-state index in [-0.39, 0.29) is 24.0 Å². The average Bonchev–Trinajstić information content (AvgIpc) is 3.54. The second-order valence-electron chi connectivity index (χ2n) is 8.52. The van der Waals surface area contributed by atoms with E-state index in [2.05, 4.69) is 37.4 Å². The van der Waals surface area contributed by atoms with E-state index in [1.807, 2.05) is 30.7 Å². The molecule has 0 bridgehead atoms. The van der Waals surface area contributed by atoms with E-state index in [4.69, 9.17) is 9.73 Å². The summed E-state index contributed by atoms with van der Waals surface area (Å²) in [5.41, 5.74) is 1.29. The number of nitrogens with zero attached hydrogens (tertiary/aromatic N) is 6. The number of hydrogen-bond acceptors (Lipinski definition) is 5. The van der Waals surface area contributed by atoms with Crippen LogP contribution in [0.4, 0.5) is 0 Å². The summed E-state index contributed by atoms with van der Waals surface area (Å²) in [7, 11) is 3.69. The molecule has 1 aromatic heterocycles. The number of methoxy groups -OCH3 is 1. The van der Waals surface area contributed by atoms with Crippen LogP contribution < -0.4 is 10.1 Å². The summed E-state index contributed by atoms with van der Waals surface area (Å²) in [5, 5.41) is 12.1. The van der Waals surface area contributed by atoms with E-state index >= 15 is 0 Å². The van der Waals surface area contributed by atoms with Crippen molar-refractivity contribution in [1.82, 2.24) is 29.9 Å². The number of nitrogens with one attached hydrogen (secondary N) is 1. The molecular formula is C23H36IN7O. The Bertz CT molecular complexity index is 877. The van der Waals surface area contributed by atoms with Crippen molar-refractivity contribution in [3.8, 4) is 5.75 Å². The molecule has 0 amide bonds. The number of guanidine groups is 1. The molecule has 0 radical (unpaired) electrons. The molecule has 176 valence electrons. The number of halogens is 1. The maximum atomic E-state index is 5.26. The highest BCUT2D eigenvalue weighted by atomic mass is 127. The number of aryl methyl sites for hydroxylation is 1. The van der Waals surface area contributed by atoms with Crippen LogP contribution in [0.15, 0.2) is 29.3 Å². The van der Waals surface area contributed by atoms with Crippen molar-refractivity contribution in [1.29, 1.82) is 0 Å². The Kier molecular flexibility index (Phi) is 9.15. The second-order valence-corrected chi connectivity index (χ2v) is 8.52. The number of likely N-dealkylation sites (tertiary alicyclic amines) is 2. The first kappa shape index (κ1) is 24.8. The van der Waals surface area contributed by atoms with Gasteiger partial charge in [-0.25, -0.2) is 4.99 Å². The van der Waals surface area contributed by atoms with Gasteiger partial charge in [0.2, 0.25) is 0 Å². The van der Waals surface area contributed by atoms with E-state index in [9.17, 15) is 0 Å². The summed E-state index contributed by atoms with van der Waals surface area (Å²) in [4.78, 5) is 10.0. The molecule has 2 saturated heterocycles. The van der Waals surface area contributed by atoms with Crippen LogP contribution in [-0.2, 0) is 20.0 Å². The Balaban J connectivity index is 0.00000289. The molecule has 2 aromatic rings. The van der Waals surface area contributed by atoms with Gasteiger partial charge in [-0.15, -0.1) is 34.2 Å². The lowest BCUT2D eigenvalue weighted by Gasteiger charge is -2.25. The van der Waals surface area contributed by atoms with Gasteiger partial charge in [0.15, 0.2) is 11.8 Å². The van der Waals surface area contributed by atoms with Crippen LogP contribution in [0, 0.1) is 6.92 Å². The summed E-state index contributed by atoms with van der Waals surface area (Å²) in [5.74, 6) is 3.68. The number of hydrogen-bond donors (Lipinski definition) is 1. The molecule has 9 heteroatoms. The number of rotatable bonds is 7. The Hall–Kier alpha value is -1.88. The monoisotopic (exact) mass is 553 g/mol. The molecule has 8 nitrogen and oxygen atoms in total. The quantitative estimate of drug-likeness (QED) is 0.323. The van der Waals surface area contributed by atoms with E-state index in [0.717, 1.165) is 49.4 Å². The van der Waals surface area contributed by atoms with Crippen LogP contribution in [0.1, 0.15) is 36.5 Å². The zero-order chi connectivity index (χ0) is 21.6. The van der Waals surface area contributed by atoms with Crippen molar-refractivity contribution in [2.24, 2.45) is 12.0 Å². The van der Waals surface area contributed by atoms with Crippen molar-refractivity contribution < 1.29 is 4.74 Å². The third-order valence-electron chi connectivity index (χ3n) is 6.53. The minimum Gasteiger partial charge on any atom is -0.497 e. The summed E-state index contributed by atoms with van der Waals surface area (Å²) in [6, 6.07) is 8.93. The Morgan fingerprint density at radius 2 is 1.91 bits per heavy atom. The van der Waals surface area contributed by atoms with Crippen molar-refractivity contribution in [2.45, 2.75) is 45.2 Å². The molecule has 3 heterocycles. The number of benzene rings is 1. The molecule has 1 atom stereocenters. The first-order chi connectivity index (χ1) is 15.1. The minimum atomic E-state index is 0. The highest BCUT2D eigenvalue weighted by molar-refractivity contribution is 14.0. The van der Waals surface area contributed by atoms with Gasteiger partial charge in [0, 0.05) is 32.7 Å². The van der Waals surface area contributed by atoms with Crippen molar-refractivity contribution in [2.75, 3.05) is 39.8 Å². The first-order valence-electron chi connectivity index (χ1n) is 11.4. The van der Waals surface area contributed by atoms with Gasteiger partial charge >= 0.3 is 0 Å². The summed E-state index contributed by atoms with van der Waals surface area (Å²) < 4.78 is 7.27. The van der Waals surface area contributed by atoms with Gasteiger partial charge in [-0.05, 0) is 63.4 Å². The molecule has 32 heavy (non-hydrogen) atoms. The van der Waals surface area contributed by atoms with Crippen LogP contribution in [0.5, 0.6) is 5.75 Å². The maximum absolute atomic E-state index is 5.26. The van der Waals surface area contributed by atoms with Gasteiger partial charge in [0.1, 0.15) is 18.1 Å². The van der Waals surface area contributed by atoms with E-state index < -0.39 is 0 Å². The molecule has 1 aromatic carbocycles. The van der Waals surface area contributed by atoms with Crippen LogP contribution >= 0.6 is 24.0 Å². The normalized spacial score (nSPS) is 19.3. The number of ether oxygens (including phenoxy) is 1. The van der Waals surface area contributed by atoms with Gasteiger partial charge in [-0.2, -0.15) is 0 Å². The summed E-state index contributed by atoms with van der Waals surface area (Å²) >= 11 is 0. The lowest BCUT2D eigenvalue weighted by atomic mass is 10.1. The highest BCUT2D eigenvalue weighted by Gasteiger charge is 2.30. The Labute approximate surface area is 208 Å². The summed E-state index contributed by atoms with van der Waals surface area (Å²) in [6.45, 7) is 7.93. The molecule has 0 saturated carbocycles. The number of aliphatic imine (C=N–C) groups is 1. The highest BCUT2D eigenvalue weighted by Crippen LogP contribution is 2.20. The van der Waals surface area contributed by atoms with E-state index in [1.54, 1.807) is 7.11 Å². The SMILES string of the molecule is COc1ccc(CCNC(=NCc2nnc(C)n2C)N2CCC(N3CCCC3)C2)cc1.I. The fourth-order valence-corrected chi connectivity index (χ4v) is 4.45. The van der Waals surface area contributed by atoms with Crippen molar-refractivity contribution in [3.05, 3.63) is 41.5 Å². The first-order valence-corrected chi connectivity index (χ1v) is 11.4. The largest absolute Gasteiger partial charge is 0.497 e. The molecule has 1 unspecified atom stereocenters. The Morgan fingerprint density at radius 3 is 2.56 bits per heavy atom. The smallest absolute Gasteiger partial charge is 0.194 e. The second kappa shape index (κ2) is 11.8. The number of aromatic nitrogens is 3. The molecule has 2 fully saturated rings. The molecule has 0 spiro atoms. The summed E-state index contributed by atoms with van der Waals surface area (Å²) in [6.07, 6.45) is 4.82. The van der Waals surface area contributed by atoms with Gasteiger partial charge in [0.25, 0.3) is 0 Å². The fraction of sp³-hybridized carbons (Fsp3) is 0.609. The predicted molar refractivity (Wildman–Crippen MR) is 138 cm³/mol.